The summed E-state index contributed by atoms with van der Waals surface area (Å²) in [7, 11) is 0. The zero-order chi connectivity index (χ0) is 11.1. The molecular weight excluding hydrogens is 427 g/mol. The third-order valence-corrected chi connectivity index (χ3v) is 3.06. The van der Waals surface area contributed by atoms with Crippen molar-refractivity contribution in [2.75, 3.05) is 0 Å². The molecule has 0 spiro atoms. The van der Waals surface area contributed by atoms with Gasteiger partial charge in [0.2, 0.25) is 0 Å². The first-order chi connectivity index (χ1) is 7.77. The van der Waals surface area contributed by atoms with E-state index in [0.717, 1.165) is 11.0 Å². The fourth-order valence-corrected chi connectivity index (χ4v) is 2.10. The van der Waals surface area contributed by atoms with Gasteiger partial charge in [-0.15, -0.1) is 0 Å². The molecule has 0 saturated carbocycles. The van der Waals surface area contributed by atoms with Crippen molar-refractivity contribution in [2.45, 2.75) is 13.8 Å². The second-order valence-corrected chi connectivity index (χ2v) is 4.11. The average Bonchev–Trinajstić information content (AvgIpc) is 2.30. The van der Waals surface area contributed by atoms with E-state index in [1.165, 1.54) is 21.9 Å². The van der Waals surface area contributed by atoms with Crippen molar-refractivity contribution < 1.29 is 33.5 Å². The topological polar surface area (TPSA) is 25.8 Å². The third kappa shape index (κ3) is 2.27. The Labute approximate surface area is 127 Å². The van der Waals surface area contributed by atoms with E-state index in [2.05, 4.69) is 35.9 Å². The number of hydrogen-bond donors (Lipinski definition) is 0. The molecule has 2 nitrogen and oxygen atoms in total. The van der Waals surface area contributed by atoms with Crippen molar-refractivity contribution in [2.24, 2.45) is 0 Å². The van der Waals surface area contributed by atoms with Crippen molar-refractivity contribution in [3.63, 3.8) is 0 Å². The third-order valence-electron chi connectivity index (χ3n) is 3.06. The number of aryl methyl sites for hydroxylation is 2. The van der Waals surface area contributed by atoms with Gasteiger partial charge in [-0.2, -0.15) is 0 Å². The van der Waals surface area contributed by atoms with E-state index in [-0.39, 0.29) is 33.5 Å². The van der Waals surface area contributed by atoms with Crippen LogP contribution in [0.4, 0.5) is 0 Å². The summed E-state index contributed by atoms with van der Waals surface area (Å²) in [6.07, 6.45) is 3.70. The molecule has 0 bridgehead atoms. The quantitative estimate of drug-likeness (QED) is 0.475. The molecule has 0 atom stereocenters. The number of aromatic nitrogens is 2. The largest absolute Gasteiger partial charge is 2.00 e. The van der Waals surface area contributed by atoms with Gasteiger partial charge >= 0.3 is 21.1 Å². The van der Waals surface area contributed by atoms with Crippen LogP contribution in [0.2, 0.25) is 0 Å². The molecule has 4 heteroatoms. The SMILES string of the molecule is Cc1ccnc2c1ccc1c(C)ccnc12.[Cl-].[Pt+2]. The summed E-state index contributed by atoms with van der Waals surface area (Å²) in [6.45, 7) is 4.21. The molecule has 0 aliphatic heterocycles. The van der Waals surface area contributed by atoms with Crippen LogP contribution in [-0.4, -0.2) is 9.97 Å². The molecule has 0 aliphatic carbocycles. The van der Waals surface area contributed by atoms with E-state index in [1.807, 2.05) is 24.5 Å². The maximum absolute atomic E-state index is 4.45. The average molecular weight is 439 g/mol. The number of nitrogens with zero attached hydrogens (tertiary/aromatic N) is 2. The predicted molar refractivity (Wildman–Crippen MR) is 66.5 cm³/mol. The van der Waals surface area contributed by atoms with Crippen LogP contribution >= 0.6 is 0 Å². The van der Waals surface area contributed by atoms with Gasteiger partial charge in [0.15, 0.2) is 0 Å². The Hall–Kier alpha value is -0.982. The Kier molecular flexibility index (Phi) is 4.83. The second kappa shape index (κ2) is 5.77. The van der Waals surface area contributed by atoms with Crippen LogP contribution in [0.1, 0.15) is 11.1 Å². The Morgan fingerprint density at radius 2 is 1.11 bits per heavy atom. The molecule has 94 valence electrons. The molecule has 2 aromatic heterocycles. The van der Waals surface area contributed by atoms with E-state index >= 15 is 0 Å². The van der Waals surface area contributed by atoms with E-state index in [4.69, 9.17) is 0 Å². The van der Waals surface area contributed by atoms with Crippen LogP contribution in [0.3, 0.4) is 0 Å². The summed E-state index contributed by atoms with van der Waals surface area (Å²) < 4.78 is 0. The fraction of sp³-hybridized carbons (Fsp3) is 0.143. The molecule has 0 fully saturated rings. The monoisotopic (exact) mass is 438 g/mol. The Morgan fingerprint density at radius 1 is 0.722 bits per heavy atom. The molecular formula is C14H12ClN2Pt+. The molecule has 0 unspecified atom stereocenters. The van der Waals surface area contributed by atoms with Gasteiger partial charge in [-0.3, -0.25) is 9.97 Å². The first-order valence-corrected chi connectivity index (χ1v) is 5.37. The van der Waals surface area contributed by atoms with Gasteiger partial charge in [0.1, 0.15) is 0 Å². The van der Waals surface area contributed by atoms with Crippen molar-refractivity contribution >= 4 is 21.8 Å². The molecule has 0 radical (unpaired) electrons. The van der Waals surface area contributed by atoms with E-state index in [9.17, 15) is 0 Å². The van der Waals surface area contributed by atoms with Crippen LogP contribution in [0.25, 0.3) is 21.8 Å². The van der Waals surface area contributed by atoms with Gasteiger partial charge in [0.25, 0.3) is 0 Å². The summed E-state index contributed by atoms with van der Waals surface area (Å²) in [4.78, 5) is 8.90. The van der Waals surface area contributed by atoms with E-state index in [0.29, 0.717) is 0 Å². The summed E-state index contributed by atoms with van der Waals surface area (Å²) in [5, 5.41) is 2.38. The van der Waals surface area contributed by atoms with Crippen LogP contribution in [-0.2, 0) is 21.1 Å². The Morgan fingerprint density at radius 3 is 1.50 bits per heavy atom. The van der Waals surface area contributed by atoms with Gasteiger partial charge in [-0.1, -0.05) is 12.1 Å². The first kappa shape index (κ1) is 15.1. The van der Waals surface area contributed by atoms with Crippen LogP contribution in [0, 0.1) is 13.8 Å². The molecule has 18 heavy (non-hydrogen) atoms. The zero-order valence-corrected chi connectivity index (χ0v) is 13.1. The molecule has 0 amide bonds. The number of hydrogen-bond acceptors (Lipinski definition) is 2. The maximum atomic E-state index is 4.45. The summed E-state index contributed by atoms with van der Waals surface area (Å²) >= 11 is 0. The number of fused-ring (bicyclic) bond motifs is 3. The fourth-order valence-electron chi connectivity index (χ4n) is 2.10. The number of rotatable bonds is 0. The second-order valence-electron chi connectivity index (χ2n) is 4.11. The van der Waals surface area contributed by atoms with Crippen LogP contribution in [0.5, 0.6) is 0 Å². The number of halogens is 1. The summed E-state index contributed by atoms with van der Waals surface area (Å²) in [6, 6.07) is 8.33. The molecule has 0 aliphatic rings. The minimum Gasteiger partial charge on any atom is -1.00 e. The van der Waals surface area contributed by atoms with Crippen molar-refractivity contribution in [3.05, 3.63) is 47.8 Å². The van der Waals surface area contributed by atoms with Crippen molar-refractivity contribution in [1.29, 1.82) is 0 Å². The minimum absolute atomic E-state index is 0. The summed E-state index contributed by atoms with van der Waals surface area (Å²) in [5.41, 5.74) is 4.49. The van der Waals surface area contributed by atoms with Crippen LogP contribution < -0.4 is 12.4 Å². The predicted octanol–water partition coefficient (Wildman–Crippen LogP) is 0.401. The number of pyridine rings is 2. The zero-order valence-electron chi connectivity index (χ0n) is 10.1. The molecule has 3 aromatic rings. The van der Waals surface area contributed by atoms with Gasteiger partial charge in [0.05, 0.1) is 11.0 Å². The standard InChI is InChI=1S/C14H12N2.ClH.Pt/c1-9-5-7-15-13-11(9)3-4-12-10(2)6-8-16-14(12)13;;/h3-8H,1-2H3;1H;/q;;+2/p-1. The maximum Gasteiger partial charge on any atom is 2.00 e. The smallest absolute Gasteiger partial charge is 1.00 e. The van der Waals surface area contributed by atoms with E-state index in [1.54, 1.807) is 0 Å². The molecule has 2 heterocycles. The molecule has 3 rings (SSSR count). The Balaban J connectivity index is 0.000000810. The molecule has 0 saturated heterocycles. The van der Waals surface area contributed by atoms with Crippen molar-refractivity contribution in [1.82, 2.24) is 9.97 Å². The van der Waals surface area contributed by atoms with Crippen LogP contribution in [0.15, 0.2) is 36.7 Å². The first-order valence-electron chi connectivity index (χ1n) is 5.37. The van der Waals surface area contributed by atoms with Gasteiger partial charge in [-0.25, -0.2) is 0 Å². The van der Waals surface area contributed by atoms with Gasteiger partial charge < -0.3 is 12.4 Å². The van der Waals surface area contributed by atoms with Gasteiger partial charge in [-0.05, 0) is 37.1 Å². The Bertz CT molecular complexity index is 637. The number of benzene rings is 1. The molecule has 0 N–H and O–H groups in total. The van der Waals surface area contributed by atoms with E-state index < -0.39 is 0 Å². The van der Waals surface area contributed by atoms with Gasteiger partial charge in [0, 0.05) is 23.2 Å². The minimum atomic E-state index is 0. The summed E-state index contributed by atoms with van der Waals surface area (Å²) in [5.74, 6) is 0. The normalized spacial score (nSPS) is 9.89. The molecule has 1 aromatic carbocycles. The van der Waals surface area contributed by atoms with Crippen molar-refractivity contribution in [3.8, 4) is 0 Å².